The van der Waals surface area contributed by atoms with Crippen LogP contribution in [0.1, 0.15) is 29.2 Å². The zero-order valence-corrected chi connectivity index (χ0v) is 24.1. The van der Waals surface area contributed by atoms with E-state index < -0.39 is 23.6 Å². The molecule has 1 aliphatic heterocycles. The van der Waals surface area contributed by atoms with Crippen LogP contribution in [0, 0.1) is 13.8 Å². The SMILES string of the molecule is CCc1ccc(NC(=O)COc2ccc(/C=C3\SC(=O)N(CC(=O)Nc4ccc(C)c(C)c4)C3=O)cc2OC)cc1. The van der Waals surface area contributed by atoms with Crippen LogP contribution in [-0.2, 0) is 20.8 Å². The highest BCUT2D eigenvalue weighted by Gasteiger charge is 2.36. The molecule has 3 aromatic rings. The summed E-state index contributed by atoms with van der Waals surface area (Å²) in [4.78, 5) is 51.4. The van der Waals surface area contributed by atoms with Gasteiger partial charge in [0.2, 0.25) is 5.91 Å². The van der Waals surface area contributed by atoms with E-state index >= 15 is 0 Å². The van der Waals surface area contributed by atoms with Crippen LogP contribution < -0.4 is 20.1 Å². The second-order valence-corrected chi connectivity index (χ2v) is 10.4. The van der Waals surface area contributed by atoms with Crippen LogP contribution in [0.2, 0.25) is 0 Å². The molecule has 2 N–H and O–H groups in total. The fraction of sp³-hybridized carbons (Fsp3) is 0.226. The number of rotatable bonds is 10. The number of amides is 4. The molecule has 10 heteroatoms. The van der Waals surface area contributed by atoms with E-state index in [1.807, 2.05) is 50.2 Å². The van der Waals surface area contributed by atoms with Crippen LogP contribution in [0.3, 0.4) is 0 Å². The van der Waals surface area contributed by atoms with Gasteiger partial charge in [0, 0.05) is 11.4 Å². The van der Waals surface area contributed by atoms with Crippen molar-refractivity contribution in [3.05, 3.63) is 87.8 Å². The Morgan fingerprint density at radius 1 is 0.878 bits per heavy atom. The molecule has 0 aliphatic carbocycles. The minimum Gasteiger partial charge on any atom is -0.493 e. The Balaban J connectivity index is 1.36. The summed E-state index contributed by atoms with van der Waals surface area (Å²) in [5, 5.41) is 4.99. The molecule has 1 aliphatic rings. The number of nitrogens with zero attached hydrogens (tertiary/aromatic N) is 1. The average molecular weight is 574 g/mol. The van der Waals surface area contributed by atoms with E-state index in [1.54, 1.807) is 30.3 Å². The third kappa shape index (κ3) is 7.55. The average Bonchev–Trinajstić information content (AvgIpc) is 3.21. The van der Waals surface area contributed by atoms with Gasteiger partial charge in [-0.2, -0.15) is 0 Å². The molecule has 3 aromatic carbocycles. The Hall–Kier alpha value is -4.57. The van der Waals surface area contributed by atoms with Crippen LogP contribution >= 0.6 is 11.8 Å². The van der Waals surface area contributed by atoms with Gasteiger partial charge in [-0.15, -0.1) is 0 Å². The Morgan fingerprint density at radius 2 is 1.59 bits per heavy atom. The number of carbonyl (C=O) groups is 4. The summed E-state index contributed by atoms with van der Waals surface area (Å²) in [6, 6.07) is 18.0. The monoisotopic (exact) mass is 573 g/mol. The van der Waals surface area contributed by atoms with Crippen molar-refractivity contribution in [1.82, 2.24) is 4.90 Å². The molecule has 0 spiro atoms. The normalized spacial score (nSPS) is 13.9. The van der Waals surface area contributed by atoms with Crippen LogP contribution in [-0.4, -0.2) is 48.1 Å². The highest BCUT2D eigenvalue weighted by atomic mass is 32.2. The number of thioether (sulfide) groups is 1. The Morgan fingerprint density at radius 3 is 2.27 bits per heavy atom. The van der Waals surface area contributed by atoms with Crippen LogP contribution in [0.15, 0.2) is 65.6 Å². The summed E-state index contributed by atoms with van der Waals surface area (Å²) in [7, 11) is 1.46. The number of carbonyl (C=O) groups excluding carboxylic acids is 4. The van der Waals surface area contributed by atoms with Gasteiger partial charge in [-0.3, -0.25) is 24.1 Å². The first-order valence-electron chi connectivity index (χ1n) is 13.0. The second kappa shape index (κ2) is 13.2. The lowest BCUT2D eigenvalue weighted by molar-refractivity contribution is -0.127. The lowest BCUT2D eigenvalue weighted by Gasteiger charge is -2.13. The van der Waals surface area contributed by atoms with E-state index in [9.17, 15) is 19.2 Å². The van der Waals surface area contributed by atoms with Crippen molar-refractivity contribution >= 4 is 52.2 Å². The van der Waals surface area contributed by atoms with E-state index in [0.29, 0.717) is 28.4 Å². The van der Waals surface area contributed by atoms with Gasteiger partial charge in [-0.05, 0) is 96.8 Å². The number of anilines is 2. The molecule has 4 rings (SSSR count). The molecule has 0 bridgehead atoms. The molecule has 4 amide bonds. The molecule has 41 heavy (non-hydrogen) atoms. The number of methoxy groups -OCH3 is 1. The van der Waals surface area contributed by atoms with Gasteiger partial charge < -0.3 is 20.1 Å². The smallest absolute Gasteiger partial charge is 0.294 e. The Bertz CT molecular complexity index is 1520. The molecule has 0 aromatic heterocycles. The predicted octanol–water partition coefficient (Wildman–Crippen LogP) is 5.57. The molecule has 9 nitrogen and oxygen atoms in total. The maximum absolute atomic E-state index is 12.9. The first kappa shape index (κ1) is 29.4. The first-order valence-corrected chi connectivity index (χ1v) is 13.8. The minimum atomic E-state index is -0.557. The van der Waals surface area contributed by atoms with Gasteiger partial charge in [0.1, 0.15) is 6.54 Å². The van der Waals surface area contributed by atoms with E-state index in [-0.39, 0.29) is 17.4 Å². The Kier molecular flexibility index (Phi) is 9.46. The molecule has 1 fully saturated rings. The van der Waals surface area contributed by atoms with Gasteiger partial charge >= 0.3 is 0 Å². The first-order chi connectivity index (χ1) is 19.7. The summed E-state index contributed by atoms with van der Waals surface area (Å²) in [6.45, 7) is 5.34. The van der Waals surface area contributed by atoms with Crippen LogP contribution in [0.4, 0.5) is 16.2 Å². The van der Waals surface area contributed by atoms with E-state index in [2.05, 4.69) is 17.6 Å². The number of hydrogen-bond acceptors (Lipinski definition) is 7. The maximum atomic E-state index is 12.9. The Labute approximate surface area is 242 Å². The van der Waals surface area contributed by atoms with Crippen molar-refractivity contribution in [1.29, 1.82) is 0 Å². The highest BCUT2D eigenvalue weighted by molar-refractivity contribution is 8.18. The highest BCUT2D eigenvalue weighted by Crippen LogP contribution is 2.34. The van der Waals surface area contributed by atoms with Crippen molar-refractivity contribution in [2.75, 3.05) is 30.9 Å². The third-order valence-corrected chi connectivity index (χ3v) is 7.36. The number of nitrogens with one attached hydrogen (secondary N) is 2. The van der Waals surface area contributed by atoms with Gasteiger partial charge in [0.25, 0.3) is 17.1 Å². The van der Waals surface area contributed by atoms with Gasteiger partial charge in [0.15, 0.2) is 18.1 Å². The largest absolute Gasteiger partial charge is 0.493 e. The van der Waals surface area contributed by atoms with Gasteiger partial charge in [-0.25, -0.2) is 0 Å². The molecule has 1 saturated heterocycles. The van der Waals surface area contributed by atoms with Crippen molar-refractivity contribution in [2.24, 2.45) is 0 Å². The molecular weight excluding hydrogens is 542 g/mol. The topological polar surface area (TPSA) is 114 Å². The quantitative estimate of drug-likeness (QED) is 0.305. The zero-order chi connectivity index (χ0) is 29.5. The summed E-state index contributed by atoms with van der Waals surface area (Å²) >= 11 is 0.758. The molecule has 0 atom stereocenters. The fourth-order valence-corrected chi connectivity index (χ4v) is 4.85. The van der Waals surface area contributed by atoms with E-state index in [1.165, 1.54) is 12.7 Å². The number of benzene rings is 3. The molecule has 212 valence electrons. The lowest BCUT2D eigenvalue weighted by Crippen LogP contribution is -2.36. The van der Waals surface area contributed by atoms with Crippen LogP contribution in [0.25, 0.3) is 6.08 Å². The van der Waals surface area contributed by atoms with E-state index in [4.69, 9.17) is 9.47 Å². The van der Waals surface area contributed by atoms with Crippen molar-refractivity contribution in [3.8, 4) is 11.5 Å². The fourth-order valence-electron chi connectivity index (χ4n) is 4.01. The predicted molar refractivity (Wildman–Crippen MR) is 160 cm³/mol. The van der Waals surface area contributed by atoms with Crippen molar-refractivity contribution in [3.63, 3.8) is 0 Å². The lowest BCUT2D eigenvalue weighted by atomic mass is 10.1. The molecule has 0 saturated carbocycles. The standard InChI is InChI=1S/C31H31N3O6S/c1-5-21-7-11-23(12-8-21)32-29(36)18-40-25-13-9-22(15-26(25)39-4)16-27-30(37)34(31(38)41-27)17-28(35)33-24-10-6-19(2)20(3)14-24/h6-16H,5,17-18H2,1-4H3,(H,32,36)(H,33,35)/b27-16-. The maximum Gasteiger partial charge on any atom is 0.294 e. The summed E-state index contributed by atoms with van der Waals surface area (Å²) in [6.07, 6.45) is 2.46. The van der Waals surface area contributed by atoms with Crippen molar-refractivity contribution in [2.45, 2.75) is 27.2 Å². The molecule has 1 heterocycles. The third-order valence-electron chi connectivity index (χ3n) is 6.46. The minimum absolute atomic E-state index is 0.179. The van der Waals surface area contributed by atoms with Gasteiger partial charge in [-0.1, -0.05) is 31.2 Å². The summed E-state index contributed by atoms with van der Waals surface area (Å²) < 4.78 is 11.1. The second-order valence-electron chi connectivity index (χ2n) is 9.41. The summed E-state index contributed by atoms with van der Waals surface area (Å²) in [5.41, 5.74) is 5.14. The molecular formula is C31H31N3O6S. The zero-order valence-electron chi connectivity index (χ0n) is 23.3. The number of aryl methyl sites for hydroxylation is 3. The number of ether oxygens (including phenoxy) is 2. The van der Waals surface area contributed by atoms with Gasteiger partial charge in [0.05, 0.1) is 12.0 Å². The molecule has 0 radical (unpaired) electrons. The van der Waals surface area contributed by atoms with Crippen molar-refractivity contribution < 1.29 is 28.7 Å². The summed E-state index contributed by atoms with van der Waals surface area (Å²) in [5.74, 6) is -0.654. The number of imide groups is 1. The van der Waals surface area contributed by atoms with E-state index in [0.717, 1.165) is 34.2 Å². The van der Waals surface area contributed by atoms with Crippen LogP contribution in [0.5, 0.6) is 11.5 Å². The number of hydrogen-bond donors (Lipinski definition) is 2. The molecule has 0 unspecified atom stereocenters.